The molecule has 1 heterocycles. The number of benzene rings is 2. The third-order valence-corrected chi connectivity index (χ3v) is 4.61. The van der Waals surface area contributed by atoms with Crippen molar-refractivity contribution in [3.05, 3.63) is 65.0 Å². The van der Waals surface area contributed by atoms with Crippen molar-refractivity contribution < 1.29 is 23.1 Å². The fraction of sp³-hybridized carbons (Fsp3) is 0.105. The molecule has 27 heavy (non-hydrogen) atoms. The maximum absolute atomic E-state index is 12.4. The van der Waals surface area contributed by atoms with Crippen molar-refractivity contribution in [2.24, 2.45) is 0 Å². The molecule has 138 valence electrons. The molecule has 0 unspecified atom stereocenters. The van der Waals surface area contributed by atoms with Gasteiger partial charge in [-0.25, -0.2) is 4.98 Å². The summed E-state index contributed by atoms with van der Waals surface area (Å²) >= 11 is 1.06. The summed E-state index contributed by atoms with van der Waals surface area (Å²) in [5.41, 5.74) is 1.37. The van der Waals surface area contributed by atoms with E-state index < -0.39 is 12.5 Å². The lowest BCUT2D eigenvalue weighted by atomic mass is 10.1. The number of carbonyl (C=O) groups excluding carboxylic acids is 2. The second-order valence-electron chi connectivity index (χ2n) is 5.48. The first-order valence-corrected chi connectivity index (χ1v) is 8.69. The molecule has 0 aliphatic rings. The van der Waals surface area contributed by atoms with Gasteiger partial charge in [-0.05, 0) is 18.2 Å². The number of alkyl halides is 2. The Hall–Kier alpha value is -3.13. The lowest BCUT2D eigenvalue weighted by Gasteiger charge is -2.06. The SMILES string of the molecule is CC(=O)c1sc(NC(=O)c2cccc(OC(F)F)c2)nc1-c1ccccc1. The van der Waals surface area contributed by atoms with Gasteiger partial charge < -0.3 is 4.74 Å². The van der Waals surface area contributed by atoms with Gasteiger partial charge in [0.25, 0.3) is 5.91 Å². The van der Waals surface area contributed by atoms with Gasteiger partial charge >= 0.3 is 6.61 Å². The van der Waals surface area contributed by atoms with Gasteiger partial charge in [0.15, 0.2) is 10.9 Å². The number of carbonyl (C=O) groups is 2. The molecule has 0 aliphatic heterocycles. The number of nitrogens with one attached hydrogen (secondary N) is 1. The predicted octanol–water partition coefficient (Wildman–Crippen LogP) is 4.87. The van der Waals surface area contributed by atoms with Crippen LogP contribution in [0.15, 0.2) is 54.6 Å². The number of ketones is 1. The van der Waals surface area contributed by atoms with Crippen LogP contribution in [0.2, 0.25) is 0 Å². The monoisotopic (exact) mass is 388 g/mol. The third kappa shape index (κ3) is 4.53. The minimum absolute atomic E-state index is 0.119. The van der Waals surface area contributed by atoms with Gasteiger partial charge in [-0.1, -0.05) is 47.7 Å². The number of Topliss-reactive ketones (excluding diaryl/α,β-unsaturated/α-hetero) is 1. The summed E-state index contributed by atoms with van der Waals surface area (Å²) < 4.78 is 28.9. The minimum Gasteiger partial charge on any atom is -0.435 e. The number of ether oxygens (including phenoxy) is 1. The highest BCUT2D eigenvalue weighted by molar-refractivity contribution is 7.18. The number of amides is 1. The van der Waals surface area contributed by atoms with E-state index in [2.05, 4.69) is 15.0 Å². The van der Waals surface area contributed by atoms with Crippen LogP contribution in [0.5, 0.6) is 5.75 Å². The summed E-state index contributed by atoms with van der Waals surface area (Å²) in [4.78, 5) is 29.1. The Morgan fingerprint density at radius 2 is 1.85 bits per heavy atom. The van der Waals surface area contributed by atoms with Crippen LogP contribution in [0.3, 0.4) is 0 Å². The molecule has 1 N–H and O–H groups in total. The van der Waals surface area contributed by atoms with E-state index in [0.717, 1.165) is 16.9 Å². The molecule has 3 aromatic rings. The van der Waals surface area contributed by atoms with E-state index in [-0.39, 0.29) is 22.2 Å². The molecule has 0 bridgehead atoms. The highest BCUT2D eigenvalue weighted by Crippen LogP contribution is 2.31. The van der Waals surface area contributed by atoms with E-state index in [4.69, 9.17) is 0 Å². The van der Waals surface area contributed by atoms with Crippen molar-refractivity contribution in [3.63, 3.8) is 0 Å². The molecular formula is C19H14F2N2O3S. The smallest absolute Gasteiger partial charge is 0.387 e. The van der Waals surface area contributed by atoms with E-state index in [1.165, 1.54) is 31.2 Å². The number of thiazole rings is 1. The molecule has 1 aromatic heterocycles. The van der Waals surface area contributed by atoms with Crippen molar-refractivity contribution in [1.29, 1.82) is 0 Å². The Balaban J connectivity index is 1.86. The van der Waals surface area contributed by atoms with Gasteiger partial charge in [0.05, 0.1) is 10.6 Å². The van der Waals surface area contributed by atoms with Crippen LogP contribution in [0.4, 0.5) is 13.9 Å². The number of anilines is 1. The number of hydrogen-bond acceptors (Lipinski definition) is 5. The second kappa shape index (κ2) is 8.05. The molecule has 1 amide bonds. The summed E-state index contributed by atoms with van der Waals surface area (Å²) in [6, 6.07) is 14.6. The van der Waals surface area contributed by atoms with Gasteiger partial charge in [-0.3, -0.25) is 14.9 Å². The average Bonchev–Trinajstić information content (AvgIpc) is 3.06. The summed E-state index contributed by atoms with van der Waals surface area (Å²) in [5.74, 6) is -0.830. The molecule has 0 radical (unpaired) electrons. The molecule has 0 fully saturated rings. The molecule has 0 spiro atoms. The van der Waals surface area contributed by atoms with Gasteiger partial charge in [0, 0.05) is 18.1 Å². The lowest BCUT2D eigenvalue weighted by molar-refractivity contribution is -0.0498. The maximum atomic E-state index is 12.4. The standard InChI is InChI=1S/C19H14F2N2O3S/c1-11(24)16-15(12-6-3-2-4-7-12)22-19(27-16)23-17(25)13-8-5-9-14(10-13)26-18(20)21/h2-10,18H,1H3,(H,22,23,25). The molecule has 0 saturated heterocycles. The molecule has 0 saturated carbocycles. The molecular weight excluding hydrogens is 374 g/mol. The number of hydrogen-bond donors (Lipinski definition) is 1. The van der Waals surface area contributed by atoms with Gasteiger partial charge in [0.2, 0.25) is 0 Å². The molecule has 0 aliphatic carbocycles. The first-order valence-electron chi connectivity index (χ1n) is 7.87. The zero-order valence-electron chi connectivity index (χ0n) is 14.1. The van der Waals surface area contributed by atoms with Gasteiger partial charge in [0.1, 0.15) is 5.75 Å². The zero-order valence-corrected chi connectivity index (χ0v) is 14.9. The molecule has 2 aromatic carbocycles. The van der Waals surface area contributed by atoms with E-state index in [9.17, 15) is 18.4 Å². The van der Waals surface area contributed by atoms with Crippen LogP contribution in [0, 0.1) is 0 Å². The Labute approximate surface area is 157 Å². The Bertz CT molecular complexity index is 974. The van der Waals surface area contributed by atoms with Crippen LogP contribution in [0.1, 0.15) is 27.0 Å². The number of aromatic nitrogens is 1. The van der Waals surface area contributed by atoms with Crippen LogP contribution in [0.25, 0.3) is 11.3 Å². The zero-order chi connectivity index (χ0) is 19.4. The molecule has 8 heteroatoms. The fourth-order valence-corrected chi connectivity index (χ4v) is 3.26. The molecule has 3 rings (SSSR count). The van der Waals surface area contributed by atoms with E-state index in [1.807, 2.05) is 30.3 Å². The van der Waals surface area contributed by atoms with Crippen molar-refractivity contribution in [2.75, 3.05) is 5.32 Å². The van der Waals surface area contributed by atoms with Crippen LogP contribution >= 0.6 is 11.3 Å². The highest BCUT2D eigenvalue weighted by atomic mass is 32.1. The fourth-order valence-electron chi connectivity index (χ4n) is 2.39. The Morgan fingerprint density at radius 1 is 1.11 bits per heavy atom. The van der Waals surface area contributed by atoms with E-state index in [1.54, 1.807) is 0 Å². The van der Waals surface area contributed by atoms with E-state index >= 15 is 0 Å². The molecule has 5 nitrogen and oxygen atoms in total. The number of halogens is 2. The van der Waals surface area contributed by atoms with Gasteiger partial charge in [-0.2, -0.15) is 8.78 Å². The summed E-state index contributed by atoms with van der Waals surface area (Å²) in [6.07, 6.45) is 0. The van der Waals surface area contributed by atoms with Crippen LogP contribution < -0.4 is 10.1 Å². The first kappa shape index (κ1) is 18.7. The predicted molar refractivity (Wildman–Crippen MR) is 98.6 cm³/mol. The minimum atomic E-state index is -2.98. The third-order valence-electron chi connectivity index (χ3n) is 3.54. The topological polar surface area (TPSA) is 68.3 Å². The van der Waals surface area contributed by atoms with E-state index in [0.29, 0.717) is 10.6 Å². The van der Waals surface area contributed by atoms with Crippen molar-refractivity contribution >= 4 is 28.2 Å². The van der Waals surface area contributed by atoms with Crippen LogP contribution in [-0.2, 0) is 0 Å². The lowest BCUT2D eigenvalue weighted by Crippen LogP contribution is -2.12. The second-order valence-corrected chi connectivity index (χ2v) is 6.48. The Kier molecular flexibility index (Phi) is 5.56. The summed E-state index contributed by atoms with van der Waals surface area (Å²) in [5, 5.41) is 2.84. The van der Waals surface area contributed by atoms with Crippen molar-refractivity contribution in [2.45, 2.75) is 13.5 Å². The highest BCUT2D eigenvalue weighted by Gasteiger charge is 2.18. The summed E-state index contributed by atoms with van der Waals surface area (Å²) in [7, 11) is 0. The van der Waals surface area contributed by atoms with Crippen LogP contribution in [-0.4, -0.2) is 23.3 Å². The number of nitrogens with zero attached hydrogens (tertiary/aromatic N) is 1. The first-order chi connectivity index (χ1) is 12.9. The maximum Gasteiger partial charge on any atom is 0.387 e. The quantitative estimate of drug-likeness (QED) is 0.612. The van der Waals surface area contributed by atoms with Crippen molar-refractivity contribution in [1.82, 2.24) is 4.98 Å². The average molecular weight is 388 g/mol. The summed E-state index contributed by atoms with van der Waals surface area (Å²) in [6.45, 7) is -1.55. The number of rotatable bonds is 6. The largest absolute Gasteiger partial charge is 0.435 e. The Morgan fingerprint density at radius 3 is 2.52 bits per heavy atom. The van der Waals surface area contributed by atoms with Crippen molar-refractivity contribution in [3.8, 4) is 17.0 Å². The molecule has 0 atom stereocenters. The van der Waals surface area contributed by atoms with Gasteiger partial charge in [-0.15, -0.1) is 0 Å². The normalized spacial score (nSPS) is 10.7.